The molecule has 0 unspecified atom stereocenters. The first-order valence-corrected chi connectivity index (χ1v) is 7.44. The van der Waals surface area contributed by atoms with Gasteiger partial charge in [0.15, 0.2) is 0 Å². The van der Waals surface area contributed by atoms with Gasteiger partial charge in [0.25, 0.3) is 0 Å². The van der Waals surface area contributed by atoms with Crippen LogP contribution < -0.4 is 10.5 Å². The molecule has 22 heavy (non-hydrogen) atoms. The lowest BCUT2D eigenvalue weighted by molar-refractivity contribution is 0.416. The first kappa shape index (κ1) is 14.4. The Bertz CT molecular complexity index is 834. The zero-order valence-corrected chi connectivity index (χ0v) is 13.4. The smallest absolute Gasteiger partial charge is 0.139 e. The van der Waals surface area contributed by atoms with Gasteiger partial charge in [-0.05, 0) is 42.7 Å². The number of fused-ring (bicyclic) bond motifs is 1. The van der Waals surface area contributed by atoms with Crippen molar-refractivity contribution in [2.45, 2.75) is 26.7 Å². The molecular weight excluding hydrogens is 274 g/mol. The fourth-order valence-corrected chi connectivity index (χ4v) is 2.75. The van der Waals surface area contributed by atoms with Crippen molar-refractivity contribution in [2.24, 2.45) is 0 Å². The molecule has 0 radical (unpaired) electrons. The second kappa shape index (κ2) is 5.37. The Labute approximate surface area is 130 Å². The number of nitrogen functional groups attached to an aromatic ring is 1. The third-order valence-corrected chi connectivity index (χ3v) is 4.02. The molecule has 0 aliphatic heterocycles. The lowest BCUT2D eigenvalue weighted by Crippen LogP contribution is -1.98. The van der Waals surface area contributed by atoms with Crippen LogP contribution in [0, 0.1) is 6.92 Å². The number of pyridine rings is 1. The van der Waals surface area contributed by atoms with Crippen LogP contribution in [0.15, 0.2) is 36.4 Å². The minimum Gasteiger partial charge on any atom is -0.496 e. The van der Waals surface area contributed by atoms with E-state index in [2.05, 4.69) is 26.0 Å². The molecule has 3 rings (SSSR count). The summed E-state index contributed by atoms with van der Waals surface area (Å²) in [5, 5.41) is 0. The number of nitrogens with zero attached hydrogens (tertiary/aromatic N) is 2. The summed E-state index contributed by atoms with van der Waals surface area (Å²) < 4.78 is 7.48. The van der Waals surface area contributed by atoms with Crippen LogP contribution in [0.5, 0.6) is 5.75 Å². The molecule has 114 valence electrons. The molecule has 0 saturated carbocycles. The average molecular weight is 295 g/mol. The van der Waals surface area contributed by atoms with Gasteiger partial charge in [0.2, 0.25) is 0 Å². The highest BCUT2D eigenvalue weighted by Crippen LogP contribution is 2.36. The highest BCUT2D eigenvalue weighted by Gasteiger charge is 2.17. The number of imidazole rings is 1. The summed E-state index contributed by atoms with van der Waals surface area (Å²) in [6, 6.07) is 12.2. The van der Waals surface area contributed by atoms with Crippen LogP contribution in [0.2, 0.25) is 0 Å². The zero-order valence-electron chi connectivity index (χ0n) is 13.4. The quantitative estimate of drug-likeness (QED) is 0.794. The largest absolute Gasteiger partial charge is 0.496 e. The summed E-state index contributed by atoms with van der Waals surface area (Å²) >= 11 is 0. The Morgan fingerprint density at radius 1 is 1.18 bits per heavy atom. The van der Waals surface area contributed by atoms with E-state index in [-0.39, 0.29) is 0 Å². The van der Waals surface area contributed by atoms with Gasteiger partial charge >= 0.3 is 0 Å². The van der Waals surface area contributed by atoms with E-state index in [9.17, 15) is 0 Å². The summed E-state index contributed by atoms with van der Waals surface area (Å²) in [5.41, 5.74) is 11.2. The summed E-state index contributed by atoms with van der Waals surface area (Å²) in [4.78, 5) is 4.71. The van der Waals surface area contributed by atoms with E-state index in [4.69, 9.17) is 15.5 Å². The molecule has 0 atom stereocenters. The number of rotatable bonds is 3. The lowest BCUT2D eigenvalue weighted by atomic mass is 9.99. The predicted octanol–water partition coefficient (Wildman–Crippen LogP) is 4.02. The number of methoxy groups -OCH3 is 1. The second-order valence-corrected chi connectivity index (χ2v) is 5.82. The molecule has 0 spiro atoms. The highest BCUT2D eigenvalue weighted by molar-refractivity contribution is 5.79. The van der Waals surface area contributed by atoms with Crippen molar-refractivity contribution in [1.82, 2.24) is 9.38 Å². The zero-order chi connectivity index (χ0) is 15.9. The number of benzene rings is 1. The van der Waals surface area contributed by atoms with Crippen molar-refractivity contribution in [3.63, 3.8) is 0 Å². The van der Waals surface area contributed by atoms with Crippen LogP contribution in [0.3, 0.4) is 0 Å². The van der Waals surface area contributed by atoms with Gasteiger partial charge in [0, 0.05) is 11.3 Å². The van der Waals surface area contributed by atoms with Gasteiger partial charge in [-0.15, -0.1) is 0 Å². The Morgan fingerprint density at radius 3 is 2.59 bits per heavy atom. The van der Waals surface area contributed by atoms with Crippen molar-refractivity contribution >= 4 is 11.5 Å². The number of anilines is 1. The molecule has 4 heteroatoms. The SMILES string of the molecule is COc1ccc(C(C)C)cc1-c1nc2cccc(C)n2c1N. The van der Waals surface area contributed by atoms with Crippen LogP contribution in [0.4, 0.5) is 5.82 Å². The van der Waals surface area contributed by atoms with E-state index in [0.717, 1.165) is 28.3 Å². The van der Waals surface area contributed by atoms with Crippen LogP contribution >= 0.6 is 0 Å². The van der Waals surface area contributed by atoms with Gasteiger partial charge in [0.05, 0.1) is 7.11 Å². The normalized spacial score (nSPS) is 11.3. The number of nitrogens with two attached hydrogens (primary N) is 1. The van der Waals surface area contributed by atoms with Gasteiger partial charge in [-0.25, -0.2) is 4.98 Å². The Hall–Kier alpha value is -2.49. The van der Waals surface area contributed by atoms with E-state index < -0.39 is 0 Å². The summed E-state index contributed by atoms with van der Waals surface area (Å²) in [6.45, 7) is 6.36. The molecule has 3 aromatic rings. The average Bonchev–Trinajstić information content (AvgIpc) is 2.84. The first-order valence-electron chi connectivity index (χ1n) is 7.44. The maximum absolute atomic E-state index is 6.37. The Morgan fingerprint density at radius 2 is 1.95 bits per heavy atom. The monoisotopic (exact) mass is 295 g/mol. The maximum Gasteiger partial charge on any atom is 0.139 e. The topological polar surface area (TPSA) is 52.5 Å². The minimum absolute atomic E-state index is 0.435. The van der Waals surface area contributed by atoms with Crippen molar-refractivity contribution < 1.29 is 4.74 Å². The summed E-state index contributed by atoms with van der Waals surface area (Å²) in [5.74, 6) is 1.87. The molecule has 0 amide bonds. The molecular formula is C18H21N3O. The number of hydrogen-bond acceptors (Lipinski definition) is 3. The third-order valence-electron chi connectivity index (χ3n) is 4.02. The number of hydrogen-bond donors (Lipinski definition) is 1. The van der Waals surface area contributed by atoms with E-state index in [0.29, 0.717) is 11.7 Å². The van der Waals surface area contributed by atoms with Crippen molar-refractivity contribution in [1.29, 1.82) is 0 Å². The number of aryl methyl sites for hydroxylation is 1. The predicted molar refractivity (Wildman–Crippen MR) is 90.4 cm³/mol. The molecule has 0 saturated heterocycles. The van der Waals surface area contributed by atoms with E-state index in [1.165, 1.54) is 5.56 Å². The second-order valence-electron chi connectivity index (χ2n) is 5.82. The molecule has 0 bridgehead atoms. The number of aromatic nitrogens is 2. The first-order chi connectivity index (χ1) is 10.5. The molecule has 4 nitrogen and oxygen atoms in total. The van der Waals surface area contributed by atoms with Crippen LogP contribution in [0.1, 0.15) is 31.0 Å². The van der Waals surface area contributed by atoms with Crippen LogP contribution in [0.25, 0.3) is 16.9 Å². The fraction of sp³-hybridized carbons (Fsp3) is 0.278. The number of ether oxygens (including phenoxy) is 1. The van der Waals surface area contributed by atoms with Gasteiger partial charge in [0.1, 0.15) is 22.9 Å². The van der Waals surface area contributed by atoms with Crippen molar-refractivity contribution in [3.8, 4) is 17.0 Å². The van der Waals surface area contributed by atoms with Crippen molar-refractivity contribution in [2.75, 3.05) is 12.8 Å². The van der Waals surface area contributed by atoms with Gasteiger partial charge in [-0.1, -0.05) is 26.0 Å². The Balaban J connectivity index is 2.29. The van der Waals surface area contributed by atoms with Crippen LogP contribution in [-0.4, -0.2) is 16.5 Å². The molecule has 0 aliphatic carbocycles. The standard InChI is InChI=1S/C18H21N3O/c1-11(2)13-8-9-15(22-4)14(10-13)17-18(19)21-12(3)6-5-7-16(21)20-17/h5-11H,19H2,1-4H3. The summed E-state index contributed by atoms with van der Waals surface area (Å²) in [6.07, 6.45) is 0. The van der Waals surface area contributed by atoms with E-state index in [1.807, 2.05) is 35.6 Å². The maximum atomic E-state index is 6.37. The molecule has 1 aromatic carbocycles. The van der Waals surface area contributed by atoms with Gasteiger partial charge in [-0.2, -0.15) is 0 Å². The lowest BCUT2D eigenvalue weighted by Gasteiger charge is -2.12. The minimum atomic E-state index is 0.435. The van der Waals surface area contributed by atoms with E-state index >= 15 is 0 Å². The molecule has 2 aromatic heterocycles. The Kier molecular flexibility index (Phi) is 3.53. The van der Waals surface area contributed by atoms with Gasteiger partial charge in [-0.3, -0.25) is 4.40 Å². The van der Waals surface area contributed by atoms with Crippen molar-refractivity contribution in [3.05, 3.63) is 47.7 Å². The molecule has 0 aliphatic rings. The third kappa shape index (κ3) is 2.21. The van der Waals surface area contributed by atoms with Crippen LogP contribution in [-0.2, 0) is 0 Å². The van der Waals surface area contributed by atoms with Gasteiger partial charge < -0.3 is 10.5 Å². The molecule has 2 heterocycles. The fourth-order valence-electron chi connectivity index (χ4n) is 2.75. The molecule has 0 fully saturated rings. The highest BCUT2D eigenvalue weighted by atomic mass is 16.5. The summed E-state index contributed by atoms with van der Waals surface area (Å²) in [7, 11) is 1.67. The van der Waals surface area contributed by atoms with E-state index in [1.54, 1.807) is 7.11 Å². The molecule has 2 N–H and O–H groups in total.